The van der Waals surface area contributed by atoms with E-state index in [9.17, 15) is 24.5 Å². The van der Waals surface area contributed by atoms with Crippen LogP contribution in [0.15, 0.2) is 39.7 Å². The van der Waals surface area contributed by atoms with E-state index in [1.165, 1.54) is 37.5 Å². The number of amides is 3. The van der Waals surface area contributed by atoms with Crippen LogP contribution in [0.2, 0.25) is 0 Å². The van der Waals surface area contributed by atoms with E-state index < -0.39 is 28.5 Å². The van der Waals surface area contributed by atoms with Crippen LogP contribution < -0.4 is 10.5 Å². The SMILES string of the molecule is COc1ccc(-c2ccc(/C=C3\SC(=O)N(CC(N)=O)C3=O)o2)c([N+](=O)[O-])c1. The lowest BCUT2D eigenvalue weighted by Gasteiger charge is -2.08. The molecule has 2 heterocycles. The Kier molecular flexibility index (Phi) is 5.18. The average Bonchev–Trinajstić information content (AvgIpc) is 3.21. The molecule has 1 aliphatic heterocycles. The molecule has 0 radical (unpaired) electrons. The molecule has 0 saturated carbocycles. The third-order valence-corrected chi connectivity index (χ3v) is 4.66. The van der Waals surface area contributed by atoms with Gasteiger partial charge in [0.1, 0.15) is 23.8 Å². The zero-order chi connectivity index (χ0) is 20.4. The number of nitro benzene ring substituents is 1. The maximum absolute atomic E-state index is 12.2. The van der Waals surface area contributed by atoms with Gasteiger partial charge in [-0.15, -0.1) is 0 Å². The second-order valence-corrected chi connectivity index (χ2v) is 6.57. The first-order valence-corrected chi connectivity index (χ1v) is 8.58. The summed E-state index contributed by atoms with van der Waals surface area (Å²) >= 11 is 0.643. The zero-order valence-electron chi connectivity index (χ0n) is 14.4. The van der Waals surface area contributed by atoms with Gasteiger partial charge in [-0.05, 0) is 36.0 Å². The van der Waals surface area contributed by atoms with Crippen molar-refractivity contribution in [2.75, 3.05) is 13.7 Å². The molecule has 144 valence electrons. The van der Waals surface area contributed by atoms with Gasteiger partial charge in [0, 0.05) is 6.08 Å². The van der Waals surface area contributed by atoms with Gasteiger partial charge in [-0.2, -0.15) is 0 Å². The number of hydrogen-bond acceptors (Lipinski definition) is 8. The summed E-state index contributed by atoms with van der Waals surface area (Å²) in [5.41, 5.74) is 5.05. The van der Waals surface area contributed by atoms with Gasteiger partial charge in [0.15, 0.2) is 0 Å². The van der Waals surface area contributed by atoms with Crippen molar-refractivity contribution < 1.29 is 28.5 Å². The molecule has 10 nitrogen and oxygen atoms in total. The molecule has 1 saturated heterocycles. The third kappa shape index (κ3) is 3.74. The Morgan fingerprint density at radius 3 is 2.75 bits per heavy atom. The fourth-order valence-corrected chi connectivity index (χ4v) is 3.31. The topological polar surface area (TPSA) is 146 Å². The smallest absolute Gasteiger partial charge is 0.294 e. The number of benzene rings is 1. The highest BCUT2D eigenvalue weighted by Crippen LogP contribution is 2.36. The van der Waals surface area contributed by atoms with Crippen molar-refractivity contribution in [3.8, 4) is 17.1 Å². The molecular formula is C17H13N3O7S. The first-order chi connectivity index (χ1) is 13.3. The minimum absolute atomic E-state index is 0.0522. The quantitative estimate of drug-likeness (QED) is 0.439. The molecule has 1 fully saturated rings. The van der Waals surface area contributed by atoms with E-state index in [2.05, 4.69) is 0 Å². The number of primary amides is 1. The first-order valence-electron chi connectivity index (χ1n) is 7.76. The zero-order valence-corrected chi connectivity index (χ0v) is 15.2. The second kappa shape index (κ2) is 7.56. The lowest BCUT2D eigenvalue weighted by atomic mass is 10.1. The number of methoxy groups -OCH3 is 1. The largest absolute Gasteiger partial charge is 0.497 e. The number of hydrogen-bond donors (Lipinski definition) is 1. The molecule has 0 spiro atoms. The maximum Gasteiger partial charge on any atom is 0.294 e. The van der Waals surface area contributed by atoms with Crippen LogP contribution in [-0.4, -0.2) is 40.5 Å². The van der Waals surface area contributed by atoms with Crippen molar-refractivity contribution in [3.63, 3.8) is 0 Å². The highest BCUT2D eigenvalue weighted by molar-refractivity contribution is 8.18. The van der Waals surface area contributed by atoms with Crippen LogP contribution in [0.3, 0.4) is 0 Å². The molecule has 1 aromatic carbocycles. The number of thioether (sulfide) groups is 1. The number of nitro groups is 1. The van der Waals surface area contributed by atoms with Crippen LogP contribution >= 0.6 is 11.8 Å². The summed E-state index contributed by atoms with van der Waals surface area (Å²) in [5, 5.41) is 10.7. The van der Waals surface area contributed by atoms with Crippen LogP contribution in [0.1, 0.15) is 5.76 Å². The fraction of sp³-hybridized carbons (Fsp3) is 0.118. The van der Waals surface area contributed by atoms with E-state index in [0.29, 0.717) is 17.5 Å². The number of furan rings is 1. The Bertz CT molecular complexity index is 1030. The van der Waals surface area contributed by atoms with Gasteiger partial charge in [0.05, 0.1) is 28.6 Å². The van der Waals surface area contributed by atoms with E-state index in [-0.39, 0.29) is 27.7 Å². The molecule has 3 rings (SSSR count). The van der Waals surface area contributed by atoms with Crippen LogP contribution in [0.5, 0.6) is 5.75 Å². The normalized spacial score (nSPS) is 15.3. The van der Waals surface area contributed by atoms with Crippen molar-refractivity contribution in [1.82, 2.24) is 4.90 Å². The van der Waals surface area contributed by atoms with E-state index in [1.54, 1.807) is 6.07 Å². The van der Waals surface area contributed by atoms with Crippen molar-refractivity contribution in [1.29, 1.82) is 0 Å². The van der Waals surface area contributed by atoms with Gasteiger partial charge in [-0.25, -0.2) is 0 Å². The fourth-order valence-electron chi connectivity index (χ4n) is 2.49. The Balaban J connectivity index is 1.91. The number of imide groups is 1. The molecule has 0 aliphatic carbocycles. The van der Waals surface area contributed by atoms with Crippen molar-refractivity contribution in [3.05, 3.63) is 51.1 Å². The Morgan fingerprint density at radius 1 is 1.36 bits per heavy atom. The van der Waals surface area contributed by atoms with Crippen molar-refractivity contribution in [2.24, 2.45) is 5.73 Å². The molecular weight excluding hydrogens is 390 g/mol. The predicted molar refractivity (Wildman–Crippen MR) is 99.2 cm³/mol. The van der Waals surface area contributed by atoms with Gasteiger partial charge in [0.2, 0.25) is 5.91 Å². The Morgan fingerprint density at radius 2 is 2.11 bits per heavy atom. The molecule has 0 unspecified atom stereocenters. The predicted octanol–water partition coefficient (Wildman–Crippen LogP) is 2.38. The van der Waals surface area contributed by atoms with Crippen LogP contribution in [-0.2, 0) is 9.59 Å². The molecule has 2 aromatic rings. The summed E-state index contributed by atoms with van der Waals surface area (Å²) in [5.74, 6) is -0.732. The minimum Gasteiger partial charge on any atom is -0.497 e. The van der Waals surface area contributed by atoms with Crippen molar-refractivity contribution >= 4 is 40.6 Å². The molecule has 1 aliphatic rings. The number of nitrogens with zero attached hydrogens (tertiary/aromatic N) is 2. The van der Waals surface area contributed by atoms with Crippen LogP contribution in [0.4, 0.5) is 10.5 Å². The highest BCUT2D eigenvalue weighted by Gasteiger charge is 2.36. The van der Waals surface area contributed by atoms with E-state index >= 15 is 0 Å². The minimum atomic E-state index is -0.810. The van der Waals surface area contributed by atoms with Crippen LogP contribution in [0, 0.1) is 10.1 Å². The summed E-state index contributed by atoms with van der Waals surface area (Å²) in [6.07, 6.45) is 1.32. The third-order valence-electron chi connectivity index (χ3n) is 3.75. The van der Waals surface area contributed by atoms with Crippen molar-refractivity contribution in [2.45, 2.75) is 0 Å². The molecule has 3 amide bonds. The number of nitrogens with two attached hydrogens (primary N) is 1. The summed E-state index contributed by atoms with van der Waals surface area (Å²) in [4.78, 5) is 46.6. The number of carbonyl (C=O) groups excluding carboxylic acids is 3. The second-order valence-electron chi connectivity index (χ2n) is 5.58. The average molecular weight is 403 g/mol. The van der Waals surface area contributed by atoms with E-state index in [0.717, 1.165) is 4.90 Å². The summed E-state index contributed by atoms with van der Waals surface area (Å²) in [7, 11) is 1.40. The summed E-state index contributed by atoms with van der Waals surface area (Å²) < 4.78 is 10.6. The van der Waals surface area contributed by atoms with E-state index in [4.69, 9.17) is 14.9 Å². The molecule has 0 bridgehead atoms. The Labute approximate surface area is 162 Å². The monoisotopic (exact) mass is 403 g/mol. The van der Waals surface area contributed by atoms with Gasteiger partial charge < -0.3 is 14.9 Å². The van der Waals surface area contributed by atoms with Gasteiger partial charge >= 0.3 is 0 Å². The molecule has 2 N–H and O–H groups in total. The van der Waals surface area contributed by atoms with Crippen LogP contribution in [0.25, 0.3) is 17.4 Å². The lowest BCUT2D eigenvalue weighted by molar-refractivity contribution is -0.384. The first kappa shape index (κ1) is 19.2. The lowest BCUT2D eigenvalue weighted by Crippen LogP contribution is -2.36. The summed E-state index contributed by atoms with van der Waals surface area (Å²) in [6, 6.07) is 7.33. The maximum atomic E-state index is 12.2. The summed E-state index contributed by atoms with van der Waals surface area (Å²) in [6.45, 7) is -0.510. The molecule has 11 heteroatoms. The Hall–Kier alpha value is -3.60. The van der Waals surface area contributed by atoms with Gasteiger partial charge in [-0.3, -0.25) is 29.4 Å². The van der Waals surface area contributed by atoms with E-state index in [1.807, 2.05) is 0 Å². The number of rotatable bonds is 6. The molecule has 28 heavy (non-hydrogen) atoms. The molecule has 0 atom stereocenters. The van der Waals surface area contributed by atoms with Gasteiger partial charge in [-0.1, -0.05) is 0 Å². The highest BCUT2D eigenvalue weighted by atomic mass is 32.2. The number of carbonyl (C=O) groups is 3. The number of ether oxygens (including phenoxy) is 1. The standard InChI is InChI=1S/C17H13N3O7S/c1-26-9-2-4-11(12(6-9)20(24)25)13-5-3-10(27-13)7-14-16(22)19(8-15(18)21)17(23)28-14/h2-7H,8H2,1H3,(H2,18,21)/b14-7-. The van der Waals surface area contributed by atoms with Gasteiger partial charge in [0.25, 0.3) is 16.8 Å². The molecule has 1 aromatic heterocycles.